The molecule has 1 aliphatic carbocycles. The summed E-state index contributed by atoms with van der Waals surface area (Å²) in [5.41, 5.74) is 2.46. The number of thioether (sulfide) groups is 1. The molecule has 0 aliphatic heterocycles. The van der Waals surface area contributed by atoms with E-state index in [9.17, 15) is 4.39 Å². The number of hydrogen-bond donors (Lipinski definition) is 2. The van der Waals surface area contributed by atoms with Crippen molar-refractivity contribution in [1.29, 1.82) is 0 Å². The maximum absolute atomic E-state index is 13.5. The van der Waals surface area contributed by atoms with E-state index in [2.05, 4.69) is 17.6 Å². The van der Waals surface area contributed by atoms with Crippen LogP contribution < -0.4 is 10.6 Å². The van der Waals surface area contributed by atoms with Crippen LogP contribution in [0.5, 0.6) is 0 Å². The number of aliphatic imine (C=N–C) groups is 1. The van der Waals surface area contributed by atoms with Gasteiger partial charge in [-0.15, -0.1) is 24.0 Å². The lowest BCUT2D eigenvalue weighted by Gasteiger charge is -2.18. The van der Waals surface area contributed by atoms with E-state index in [1.165, 1.54) is 18.9 Å². The van der Waals surface area contributed by atoms with Crippen molar-refractivity contribution in [2.75, 3.05) is 33.1 Å². The van der Waals surface area contributed by atoms with Crippen LogP contribution in [-0.4, -0.2) is 39.0 Å². The zero-order valence-corrected chi connectivity index (χ0v) is 19.1. The maximum atomic E-state index is 13.5. The molecule has 0 radical (unpaired) electrons. The maximum Gasteiger partial charge on any atom is 0.191 e. The molecule has 0 bridgehead atoms. The molecule has 0 unspecified atom stereocenters. The van der Waals surface area contributed by atoms with Gasteiger partial charge in [-0.3, -0.25) is 0 Å². The second-order valence-corrected chi connectivity index (χ2v) is 7.50. The van der Waals surface area contributed by atoms with E-state index in [1.807, 2.05) is 12.3 Å². The van der Waals surface area contributed by atoms with Gasteiger partial charge in [-0.05, 0) is 61.1 Å². The number of halogens is 2. The van der Waals surface area contributed by atoms with Crippen molar-refractivity contribution in [2.24, 2.45) is 10.4 Å². The highest BCUT2D eigenvalue weighted by Crippen LogP contribution is 2.48. The van der Waals surface area contributed by atoms with Gasteiger partial charge in [0.25, 0.3) is 0 Å². The molecular formula is C19H31FIN3OS. The van der Waals surface area contributed by atoms with Crippen molar-refractivity contribution < 1.29 is 9.13 Å². The van der Waals surface area contributed by atoms with Gasteiger partial charge >= 0.3 is 0 Å². The SMILES string of the molecule is CCNC(=NCc1ccc(F)cc1CSC)NCC1(CCOC)CC1.I. The van der Waals surface area contributed by atoms with E-state index in [4.69, 9.17) is 9.73 Å². The van der Waals surface area contributed by atoms with Crippen LogP contribution in [-0.2, 0) is 17.0 Å². The van der Waals surface area contributed by atoms with Crippen LogP contribution in [0.1, 0.15) is 37.3 Å². The Kier molecular flexibility index (Phi) is 10.9. The fourth-order valence-electron chi connectivity index (χ4n) is 2.83. The first kappa shape index (κ1) is 23.5. The number of hydrogen-bond acceptors (Lipinski definition) is 3. The van der Waals surface area contributed by atoms with E-state index < -0.39 is 0 Å². The van der Waals surface area contributed by atoms with Gasteiger partial charge in [0.15, 0.2) is 5.96 Å². The number of nitrogens with zero attached hydrogens (tertiary/aromatic N) is 1. The van der Waals surface area contributed by atoms with E-state index >= 15 is 0 Å². The average molecular weight is 495 g/mol. The standard InChI is InChI=1S/C19H30FN3OS.HI/c1-4-21-18(23-14-19(7-8-19)9-10-24-2)22-12-15-5-6-17(20)11-16(15)13-25-3;/h5-6,11H,4,7-10,12-14H2,1-3H3,(H2,21,22,23);1H. The molecule has 7 heteroatoms. The Bertz CT molecular complexity index is 582. The third-order valence-corrected chi connectivity index (χ3v) is 5.24. The van der Waals surface area contributed by atoms with Crippen LogP contribution in [0.4, 0.5) is 4.39 Å². The van der Waals surface area contributed by atoms with Crippen molar-refractivity contribution in [1.82, 2.24) is 10.6 Å². The summed E-state index contributed by atoms with van der Waals surface area (Å²) in [6.45, 7) is 5.16. The summed E-state index contributed by atoms with van der Waals surface area (Å²) in [5.74, 6) is 1.44. The minimum Gasteiger partial charge on any atom is -0.385 e. The van der Waals surface area contributed by atoms with Crippen molar-refractivity contribution in [3.63, 3.8) is 0 Å². The largest absolute Gasteiger partial charge is 0.385 e. The summed E-state index contributed by atoms with van der Waals surface area (Å²) >= 11 is 1.69. The molecule has 0 heterocycles. The number of benzene rings is 1. The molecule has 0 atom stereocenters. The zero-order chi connectivity index (χ0) is 18.1. The minimum atomic E-state index is -0.185. The Labute approximate surface area is 178 Å². The molecule has 1 aromatic carbocycles. The molecule has 0 saturated heterocycles. The molecule has 26 heavy (non-hydrogen) atoms. The van der Waals surface area contributed by atoms with Crippen molar-refractivity contribution >= 4 is 41.7 Å². The lowest BCUT2D eigenvalue weighted by atomic mass is 10.0. The smallest absolute Gasteiger partial charge is 0.191 e. The second kappa shape index (κ2) is 12.0. The van der Waals surface area contributed by atoms with Crippen LogP contribution in [0, 0.1) is 11.2 Å². The van der Waals surface area contributed by atoms with Gasteiger partial charge in [-0.2, -0.15) is 11.8 Å². The van der Waals surface area contributed by atoms with Gasteiger partial charge in [0.2, 0.25) is 0 Å². The number of ether oxygens (including phenoxy) is 1. The quantitative estimate of drug-likeness (QED) is 0.291. The molecule has 1 fully saturated rings. The Morgan fingerprint density at radius 2 is 2.08 bits per heavy atom. The Morgan fingerprint density at radius 1 is 1.31 bits per heavy atom. The van der Waals surface area contributed by atoms with Gasteiger partial charge in [0.1, 0.15) is 5.82 Å². The lowest BCUT2D eigenvalue weighted by molar-refractivity contribution is 0.172. The van der Waals surface area contributed by atoms with Gasteiger partial charge < -0.3 is 15.4 Å². The van der Waals surface area contributed by atoms with Gasteiger partial charge in [-0.25, -0.2) is 9.38 Å². The first-order chi connectivity index (χ1) is 12.1. The van der Waals surface area contributed by atoms with E-state index in [0.29, 0.717) is 12.0 Å². The Morgan fingerprint density at radius 3 is 2.69 bits per heavy atom. The summed E-state index contributed by atoms with van der Waals surface area (Å²) in [5, 5.41) is 6.77. The molecule has 1 saturated carbocycles. The van der Waals surface area contributed by atoms with E-state index in [-0.39, 0.29) is 29.8 Å². The van der Waals surface area contributed by atoms with Crippen LogP contribution in [0.3, 0.4) is 0 Å². The third kappa shape index (κ3) is 7.60. The minimum absolute atomic E-state index is 0. The van der Waals surface area contributed by atoms with Crippen molar-refractivity contribution in [2.45, 2.75) is 38.5 Å². The molecule has 0 aromatic heterocycles. The predicted octanol–water partition coefficient (Wildman–Crippen LogP) is 4.18. The number of guanidine groups is 1. The zero-order valence-electron chi connectivity index (χ0n) is 15.9. The molecule has 148 valence electrons. The van der Waals surface area contributed by atoms with Gasteiger partial charge in [0, 0.05) is 32.6 Å². The fraction of sp³-hybridized carbons (Fsp3) is 0.632. The highest BCUT2D eigenvalue weighted by atomic mass is 127. The molecular weight excluding hydrogens is 464 g/mol. The molecule has 0 amide bonds. The van der Waals surface area contributed by atoms with E-state index in [1.54, 1.807) is 24.9 Å². The highest BCUT2D eigenvalue weighted by molar-refractivity contribution is 14.0. The molecule has 1 aromatic rings. The van der Waals surface area contributed by atoms with Gasteiger partial charge in [0.05, 0.1) is 6.54 Å². The predicted molar refractivity (Wildman–Crippen MR) is 120 cm³/mol. The first-order valence-corrected chi connectivity index (χ1v) is 10.3. The fourth-order valence-corrected chi connectivity index (χ4v) is 3.41. The molecule has 2 rings (SSSR count). The second-order valence-electron chi connectivity index (χ2n) is 6.64. The van der Waals surface area contributed by atoms with Crippen LogP contribution in [0.25, 0.3) is 0 Å². The first-order valence-electron chi connectivity index (χ1n) is 8.90. The number of methoxy groups -OCH3 is 1. The van der Waals surface area contributed by atoms with Crippen molar-refractivity contribution in [3.05, 3.63) is 35.1 Å². The molecule has 1 aliphatic rings. The van der Waals surface area contributed by atoms with Crippen LogP contribution in [0.2, 0.25) is 0 Å². The summed E-state index contributed by atoms with van der Waals surface area (Å²) in [4.78, 5) is 4.70. The average Bonchev–Trinajstić information content (AvgIpc) is 3.37. The van der Waals surface area contributed by atoms with Crippen molar-refractivity contribution in [3.8, 4) is 0 Å². The number of rotatable bonds is 10. The molecule has 4 nitrogen and oxygen atoms in total. The summed E-state index contributed by atoms with van der Waals surface area (Å²) < 4.78 is 18.7. The monoisotopic (exact) mass is 495 g/mol. The molecule has 0 spiro atoms. The van der Waals surface area contributed by atoms with Crippen LogP contribution >= 0.6 is 35.7 Å². The van der Waals surface area contributed by atoms with Gasteiger partial charge in [-0.1, -0.05) is 6.07 Å². The normalized spacial score (nSPS) is 15.3. The third-order valence-electron chi connectivity index (χ3n) is 4.64. The highest BCUT2D eigenvalue weighted by Gasteiger charge is 2.41. The van der Waals surface area contributed by atoms with Crippen LogP contribution in [0.15, 0.2) is 23.2 Å². The van der Waals surface area contributed by atoms with E-state index in [0.717, 1.165) is 49.0 Å². The topological polar surface area (TPSA) is 45.7 Å². The summed E-state index contributed by atoms with van der Waals surface area (Å²) in [7, 11) is 1.75. The number of nitrogens with one attached hydrogen (secondary N) is 2. The Balaban J connectivity index is 0.00000338. The molecule has 2 N–H and O–H groups in total. The summed E-state index contributed by atoms with van der Waals surface area (Å²) in [6, 6.07) is 4.97. The lowest BCUT2D eigenvalue weighted by Crippen LogP contribution is -2.40. The summed E-state index contributed by atoms with van der Waals surface area (Å²) in [6.07, 6.45) is 5.61. The Hall–Kier alpha value is -0.540.